The van der Waals surface area contributed by atoms with Crippen LogP contribution in [0.15, 0.2) is 30.6 Å². The van der Waals surface area contributed by atoms with Gasteiger partial charge in [-0.3, -0.25) is 5.10 Å². The van der Waals surface area contributed by atoms with Gasteiger partial charge in [-0.2, -0.15) is 5.10 Å². The van der Waals surface area contributed by atoms with Crippen molar-refractivity contribution in [2.75, 3.05) is 13.1 Å². The fourth-order valence-electron chi connectivity index (χ4n) is 1.93. The van der Waals surface area contributed by atoms with Crippen LogP contribution in [0.2, 0.25) is 0 Å². The first-order valence-corrected chi connectivity index (χ1v) is 6.72. The van der Waals surface area contributed by atoms with E-state index in [-0.39, 0.29) is 6.03 Å². The van der Waals surface area contributed by atoms with Gasteiger partial charge in [0.1, 0.15) is 6.33 Å². The summed E-state index contributed by atoms with van der Waals surface area (Å²) in [4.78, 5) is 17.7. The van der Waals surface area contributed by atoms with Crippen LogP contribution >= 0.6 is 0 Å². The Hall–Kier alpha value is -2.37. The quantitative estimate of drug-likeness (QED) is 0.875. The molecular formula is C14H19N5O. The molecule has 6 heteroatoms. The molecule has 0 unspecified atom stereocenters. The monoisotopic (exact) mass is 273 g/mol. The molecule has 0 bridgehead atoms. The third-order valence-corrected chi connectivity index (χ3v) is 3.14. The fourth-order valence-corrected chi connectivity index (χ4v) is 1.93. The zero-order chi connectivity index (χ0) is 14.4. The minimum absolute atomic E-state index is 0.0330. The van der Waals surface area contributed by atoms with E-state index in [4.69, 9.17) is 0 Å². The van der Waals surface area contributed by atoms with Crippen molar-refractivity contribution in [3.8, 4) is 11.4 Å². The topological polar surface area (TPSA) is 73.9 Å². The summed E-state index contributed by atoms with van der Waals surface area (Å²) >= 11 is 0. The second-order valence-corrected chi connectivity index (χ2v) is 4.36. The molecule has 1 heterocycles. The maximum Gasteiger partial charge on any atom is 0.317 e. The molecule has 2 aromatic rings. The number of rotatable bonds is 5. The number of amides is 2. The Morgan fingerprint density at radius 2 is 1.95 bits per heavy atom. The van der Waals surface area contributed by atoms with Crippen LogP contribution in [-0.2, 0) is 6.54 Å². The lowest BCUT2D eigenvalue weighted by molar-refractivity contribution is 0.203. The first-order chi connectivity index (χ1) is 9.74. The zero-order valence-electron chi connectivity index (χ0n) is 11.8. The largest absolute Gasteiger partial charge is 0.334 e. The molecule has 1 aromatic heterocycles. The molecule has 0 saturated heterocycles. The van der Waals surface area contributed by atoms with E-state index >= 15 is 0 Å². The van der Waals surface area contributed by atoms with Crippen LogP contribution in [0.1, 0.15) is 19.4 Å². The van der Waals surface area contributed by atoms with Crippen LogP contribution in [0.25, 0.3) is 11.4 Å². The summed E-state index contributed by atoms with van der Waals surface area (Å²) in [5, 5.41) is 9.54. The van der Waals surface area contributed by atoms with Crippen molar-refractivity contribution in [2.24, 2.45) is 0 Å². The Morgan fingerprint density at radius 3 is 2.50 bits per heavy atom. The highest BCUT2D eigenvalue weighted by Crippen LogP contribution is 2.14. The SMILES string of the molecule is CCN(CC)C(=O)NCc1ccc(-c2ncn[nH]2)cc1. The summed E-state index contributed by atoms with van der Waals surface area (Å²) in [5.74, 6) is 0.740. The lowest BCUT2D eigenvalue weighted by Gasteiger charge is -2.19. The molecule has 20 heavy (non-hydrogen) atoms. The number of nitrogens with zero attached hydrogens (tertiary/aromatic N) is 3. The van der Waals surface area contributed by atoms with Crippen molar-refractivity contribution in [3.63, 3.8) is 0 Å². The maximum atomic E-state index is 11.8. The molecule has 0 radical (unpaired) electrons. The molecular weight excluding hydrogens is 254 g/mol. The number of urea groups is 1. The number of aromatic nitrogens is 3. The van der Waals surface area contributed by atoms with Gasteiger partial charge >= 0.3 is 6.03 Å². The van der Waals surface area contributed by atoms with Gasteiger partial charge in [-0.05, 0) is 19.4 Å². The number of nitrogens with one attached hydrogen (secondary N) is 2. The molecule has 0 aliphatic heterocycles. The molecule has 0 spiro atoms. The average Bonchev–Trinajstić information content (AvgIpc) is 3.01. The van der Waals surface area contributed by atoms with Crippen LogP contribution in [0.4, 0.5) is 4.79 Å². The van der Waals surface area contributed by atoms with Crippen LogP contribution in [0, 0.1) is 0 Å². The molecule has 0 atom stereocenters. The van der Waals surface area contributed by atoms with Crippen molar-refractivity contribution in [3.05, 3.63) is 36.2 Å². The molecule has 6 nitrogen and oxygen atoms in total. The summed E-state index contributed by atoms with van der Waals surface area (Å²) in [7, 11) is 0. The lowest BCUT2D eigenvalue weighted by Crippen LogP contribution is -2.39. The minimum Gasteiger partial charge on any atom is -0.334 e. The van der Waals surface area contributed by atoms with Gasteiger partial charge in [-0.15, -0.1) is 0 Å². The first kappa shape index (κ1) is 14.0. The number of hydrogen-bond donors (Lipinski definition) is 2. The molecule has 0 aliphatic rings. The van der Waals surface area contributed by atoms with Gasteiger partial charge in [-0.25, -0.2) is 9.78 Å². The van der Waals surface area contributed by atoms with Gasteiger partial charge in [0.25, 0.3) is 0 Å². The Balaban J connectivity index is 1.93. The Morgan fingerprint density at radius 1 is 1.25 bits per heavy atom. The molecule has 2 amide bonds. The number of aromatic amines is 1. The zero-order valence-corrected chi connectivity index (χ0v) is 11.8. The third-order valence-electron chi connectivity index (χ3n) is 3.14. The summed E-state index contributed by atoms with van der Waals surface area (Å²) in [6.45, 7) is 5.89. The first-order valence-electron chi connectivity index (χ1n) is 6.72. The number of H-pyrrole nitrogens is 1. The third kappa shape index (κ3) is 3.34. The second-order valence-electron chi connectivity index (χ2n) is 4.36. The average molecular weight is 273 g/mol. The van der Waals surface area contributed by atoms with Gasteiger partial charge in [0, 0.05) is 25.2 Å². The van der Waals surface area contributed by atoms with Gasteiger partial charge in [0.2, 0.25) is 0 Å². The molecule has 106 valence electrons. The van der Waals surface area contributed by atoms with E-state index in [2.05, 4.69) is 20.5 Å². The number of hydrogen-bond acceptors (Lipinski definition) is 3. The van der Waals surface area contributed by atoms with Gasteiger partial charge in [0.05, 0.1) is 0 Å². The second kappa shape index (κ2) is 6.70. The summed E-state index contributed by atoms with van der Waals surface area (Å²) in [6, 6.07) is 7.83. The van der Waals surface area contributed by atoms with E-state index < -0.39 is 0 Å². The van der Waals surface area contributed by atoms with Crippen LogP contribution < -0.4 is 5.32 Å². The molecule has 2 rings (SSSR count). The summed E-state index contributed by atoms with van der Waals surface area (Å²) in [5.41, 5.74) is 2.02. The normalized spacial score (nSPS) is 10.3. The van der Waals surface area contributed by atoms with Crippen LogP contribution in [0.3, 0.4) is 0 Å². The highest BCUT2D eigenvalue weighted by Gasteiger charge is 2.08. The van der Waals surface area contributed by atoms with Gasteiger partial charge < -0.3 is 10.2 Å². The lowest BCUT2D eigenvalue weighted by atomic mass is 10.1. The van der Waals surface area contributed by atoms with Crippen LogP contribution in [-0.4, -0.2) is 39.2 Å². The molecule has 0 fully saturated rings. The number of carbonyl (C=O) groups excluding carboxylic acids is 1. The molecule has 2 N–H and O–H groups in total. The predicted molar refractivity (Wildman–Crippen MR) is 77.0 cm³/mol. The standard InChI is InChI=1S/C14H19N5O/c1-3-19(4-2)14(20)15-9-11-5-7-12(8-6-11)13-16-10-17-18-13/h5-8,10H,3-4,9H2,1-2H3,(H,15,20)(H,16,17,18). The molecule has 1 aromatic carbocycles. The Kier molecular flexibility index (Phi) is 4.70. The Bertz CT molecular complexity index is 531. The number of benzene rings is 1. The maximum absolute atomic E-state index is 11.8. The highest BCUT2D eigenvalue weighted by molar-refractivity contribution is 5.74. The minimum atomic E-state index is -0.0330. The van der Waals surface area contributed by atoms with E-state index in [0.717, 1.165) is 17.0 Å². The molecule has 0 aliphatic carbocycles. The number of carbonyl (C=O) groups is 1. The smallest absolute Gasteiger partial charge is 0.317 e. The van der Waals surface area contributed by atoms with Crippen molar-refractivity contribution < 1.29 is 4.79 Å². The van der Waals surface area contributed by atoms with E-state index in [9.17, 15) is 4.79 Å². The summed E-state index contributed by atoms with van der Waals surface area (Å²) in [6.07, 6.45) is 1.48. The van der Waals surface area contributed by atoms with E-state index in [0.29, 0.717) is 19.6 Å². The predicted octanol–water partition coefficient (Wildman–Crippen LogP) is 2.02. The van der Waals surface area contributed by atoms with Gasteiger partial charge in [0.15, 0.2) is 5.82 Å². The van der Waals surface area contributed by atoms with Crippen molar-refractivity contribution in [1.82, 2.24) is 25.4 Å². The van der Waals surface area contributed by atoms with Crippen molar-refractivity contribution in [1.29, 1.82) is 0 Å². The Labute approximate surface area is 118 Å². The van der Waals surface area contributed by atoms with E-state index in [1.165, 1.54) is 6.33 Å². The molecule has 0 saturated carbocycles. The van der Waals surface area contributed by atoms with Gasteiger partial charge in [-0.1, -0.05) is 24.3 Å². The summed E-state index contributed by atoms with van der Waals surface area (Å²) < 4.78 is 0. The van der Waals surface area contributed by atoms with Crippen molar-refractivity contribution >= 4 is 6.03 Å². The fraction of sp³-hybridized carbons (Fsp3) is 0.357. The van der Waals surface area contributed by atoms with E-state index in [1.807, 2.05) is 38.1 Å². The highest BCUT2D eigenvalue weighted by atomic mass is 16.2. The van der Waals surface area contributed by atoms with Crippen molar-refractivity contribution in [2.45, 2.75) is 20.4 Å². The van der Waals surface area contributed by atoms with E-state index in [1.54, 1.807) is 4.90 Å². The van der Waals surface area contributed by atoms with Crippen LogP contribution in [0.5, 0.6) is 0 Å².